The fourth-order valence-corrected chi connectivity index (χ4v) is 3.75. The van der Waals surface area contributed by atoms with Crippen molar-refractivity contribution in [3.8, 4) is 22.9 Å². The van der Waals surface area contributed by atoms with E-state index in [1.54, 1.807) is 38.0 Å². The number of hydrogen-bond donors (Lipinski definition) is 2. The molecule has 0 saturated heterocycles. The van der Waals surface area contributed by atoms with Crippen LogP contribution in [0.25, 0.3) is 11.4 Å². The van der Waals surface area contributed by atoms with E-state index in [0.717, 1.165) is 11.1 Å². The van der Waals surface area contributed by atoms with Crippen LogP contribution in [-0.2, 0) is 4.79 Å². The van der Waals surface area contributed by atoms with E-state index in [2.05, 4.69) is 10.3 Å². The minimum atomic E-state index is -0.617. The molecule has 0 radical (unpaired) electrons. The van der Waals surface area contributed by atoms with Crippen molar-refractivity contribution < 1.29 is 14.3 Å². The molecule has 2 heterocycles. The van der Waals surface area contributed by atoms with Crippen molar-refractivity contribution in [2.45, 2.75) is 19.9 Å². The molecular weight excluding hydrogens is 382 g/mol. The van der Waals surface area contributed by atoms with Gasteiger partial charge in [0.25, 0.3) is 0 Å². The van der Waals surface area contributed by atoms with E-state index in [4.69, 9.17) is 20.3 Å². The second-order valence-corrected chi connectivity index (χ2v) is 7.06. The lowest BCUT2D eigenvalue weighted by Crippen LogP contribution is -2.32. The minimum Gasteiger partial charge on any atom is -0.497 e. The number of nitrogens with two attached hydrogens (primary N) is 1. The van der Waals surface area contributed by atoms with Crippen LogP contribution < -0.4 is 20.5 Å². The van der Waals surface area contributed by atoms with Crippen molar-refractivity contribution in [2.24, 2.45) is 5.73 Å². The molecule has 0 fully saturated rings. The van der Waals surface area contributed by atoms with Crippen molar-refractivity contribution >= 4 is 11.9 Å². The summed E-state index contributed by atoms with van der Waals surface area (Å²) in [6.07, 6.45) is 0. The number of allylic oxidation sites excluding steroid dienone is 1. The second-order valence-electron chi connectivity index (χ2n) is 7.06. The van der Waals surface area contributed by atoms with Gasteiger partial charge in [-0.05, 0) is 37.6 Å². The highest BCUT2D eigenvalue weighted by molar-refractivity contribution is 5.95. The Balaban J connectivity index is 1.95. The summed E-state index contributed by atoms with van der Waals surface area (Å²) in [7, 11) is 3.16. The highest BCUT2D eigenvalue weighted by atomic mass is 16.5. The quantitative estimate of drug-likeness (QED) is 0.676. The lowest BCUT2D eigenvalue weighted by Gasteiger charge is -2.28. The maximum atomic E-state index is 12.4. The molecule has 1 aliphatic heterocycles. The molecule has 3 N–H and O–H groups in total. The Morgan fingerprint density at radius 1 is 1.13 bits per heavy atom. The molecule has 0 spiro atoms. The van der Waals surface area contributed by atoms with Crippen LogP contribution in [-0.4, -0.2) is 34.9 Å². The summed E-state index contributed by atoms with van der Waals surface area (Å²) >= 11 is 0. The van der Waals surface area contributed by atoms with Crippen molar-refractivity contribution in [1.82, 2.24) is 14.8 Å². The fraction of sp³-hybridized carbons (Fsp3) is 0.227. The number of amides is 1. The molecule has 8 heteroatoms. The van der Waals surface area contributed by atoms with Crippen LogP contribution in [0.2, 0.25) is 0 Å². The van der Waals surface area contributed by atoms with Crippen molar-refractivity contribution in [3.05, 3.63) is 64.9 Å². The van der Waals surface area contributed by atoms with Gasteiger partial charge in [-0.15, -0.1) is 5.10 Å². The predicted molar refractivity (Wildman–Crippen MR) is 113 cm³/mol. The Bertz CT molecular complexity index is 1170. The average molecular weight is 405 g/mol. The van der Waals surface area contributed by atoms with Crippen LogP contribution in [0.4, 0.5) is 5.95 Å². The Kier molecular flexibility index (Phi) is 4.91. The van der Waals surface area contributed by atoms with Gasteiger partial charge in [0.2, 0.25) is 11.9 Å². The number of hydrogen-bond acceptors (Lipinski definition) is 6. The molecule has 3 aromatic rings. The van der Waals surface area contributed by atoms with Gasteiger partial charge in [-0.25, -0.2) is 4.68 Å². The zero-order valence-corrected chi connectivity index (χ0v) is 17.3. The molecule has 1 aliphatic rings. The summed E-state index contributed by atoms with van der Waals surface area (Å²) < 4.78 is 12.6. The number of carbonyl (C=O) groups excluding carboxylic acids is 1. The third-order valence-electron chi connectivity index (χ3n) is 5.24. The van der Waals surface area contributed by atoms with Gasteiger partial charge in [0, 0.05) is 16.8 Å². The van der Waals surface area contributed by atoms with Crippen LogP contribution in [0.3, 0.4) is 0 Å². The van der Waals surface area contributed by atoms with E-state index >= 15 is 0 Å². The van der Waals surface area contributed by atoms with Gasteiger partial charge in [0.15, 0.2) is 5.82 Å². The first-order valence-corrected chi connectivity index (χ1v) is 9.46. The largest absolute Gasteiger partial charge is 0.497 e. The minimum absolute atomic E-state index is 0.385. The Morgan fingerprint density at radius 3 is 2.57 bits per heavy atom. The van der Waals surface area contributed by atoms with Crippen molar-refractivity contribution in [2.75, 3.05) is 19.5 Å². The molecule has 1 unspecified atom stereocenters. The first kappa shape index (κ1) is 19.5. The van der Waals surface area contributed by atoms with Gasteiger partial charge in [0.1, 0.15) is 17.5 Å². The lowest BCUT2D eigenvalue weighted by molar-refractivity contribution is -0.115. The van der Waals surface area contributed by atoms with E-state index in [0.29, 0.717) is 40.1 Å². The maximum Gasteiger partial charge on any atom is 0.248 e. The van der Waals surface area contributed by atoms with Gasteiger partial charge in [-0.1, -0.05) is 24.3 Å². The number of benzene rings is 2. The summed E-state index contributed by atoms with van der Waals surface area (Å²) in [4.78, 5) is 17.1. The number of carbonyl (C=O) groups is 1. The zero-order chi connectivity index (χ0) is 21.4. The SMILES string of the molecule is COc1ccc(OC)c(C2C(C(N)=O)=C(C)Nc3nc(-c4ccccc4C)nn32)c1. The van der Waals surface area contributed by atoms with Gasteiger partial charge >= 0.3 is 0 Å². The number of aromatic nitrogens is 3. The molecule has 0 bridgehead atoms. The third kappa shape index (κ3) is 3.16. The number of primary amides is 1. The van der Waals surface area contributed by atoms with Gasteiger partial charge in [0.05, 0.1) is 19.8 Å². The number of ether oxygens (including phenoxy) is 2. The smallest absolute Gasteiger partial charge is 0.248 e. The van der Waals surface area contributed by atoms with E-state index in [1.807, 2.05) is 37.3 Å². The number of aryl methyl sites for hydroxylation is 1. The monoisotopic (exact) mass is 405 g/mol. The topological polar surface area (TPSA) is 104 Å². The van der Waals surface area contributed by atoms with Crippen LogP contribution in [0, 0.1) is 6.92 Å². The van der Waals surface area contributed by atoms with E-state index < -0.39 is 11.9 Å². The molecular formula is C22H23N5O3. The number of nitrogens with zero attached hydrogens (tertiary/aromatic N) is 3. The van der Waals surface area contributed by atoms with E-state index in [1.165, 1.54) is 0 Å². The fourth-order valence-electron chi connectivity index (χ4n) is 3.75. The lowest BCUT2D eigenvalue weighted by atomic mass is 9.94. The normalized spacial score (nSPS) is 15.4. The van der Waals surface area contributed by atoms with Crippen molar-refractivity contribution in [3.63, 3.8) is 0 Å². The summed E-state index contributed by atoms with van der Waals surface area (Å²) in [5.74, 6) is 1.75. The highest BCUT2D eigenvalue weighted by Crippen LogP contribution is 2.41. The Labute approximate surface area is 174 Å². The van der Waals surface area contributed by atoms with Gasteiger partial charge < -0.3 is 20.5 Å². The third-order valence-corrected chi connectivity index (χ3v) is 5.24. The molecule has 4 rings (SSSR count). The zero-order valence-electron chi connectivity index (χ0n) is 17.3. The van der Waals surface area contributed by atoms with E-state index in [-0.39, 0.29) is 0 Å². The number of rotatable bonds is 5. The van der Waals surface area contributed by atoms with Crippen LogP contribution in [0.15, 0.2) is 53.7 Å². The van der Waals surface area contributed by atoms with Gasteiger partial charge in [-0.2, -0.15) is 4.98 Å². The van der Waals surface area contributed by atoms with E-state index in [9.17, 15) is 4.79 Å². The van der Waals surface area contributed by atoms with Crippen molar-refractivity contribution in [1.29, 1.82) is 0 Å². The highest BCUT2D eigenvalue weighted by Gasteiger charge is 2.35. The Hall–Kier alpha value is -3.81. The first-order chi connectivity index (χ1) is 14.4. The number of methoxy groups -OCH3 is 2. The van der Waals surface area contributed by atoms with Gasteiger partial charge in [-0.3, -0.25) is 4.79 Å². The number of anilines is 1. The van der Waals surface area contributed by atoms with Crippen LogP contribution >= 0.6 is 0 Å². The first-order valence-electron chi connectivity index (χ1n) is 9.46. The standard InChI is InChI=1S/C22H23N5O3/c1-12-7-5-6-8-15(12)21-25-22-24-13(2)18(20(23)28)19(27(22)26-21)16-11-14(29-3)9-10-17(16)30-4/h5-11,19H,1-4H3,(H2,23,28)(H,24,25,26). The second kappa shape index (κ2) is 7.55. The molecule has 1 atom stereocenters. The molecule has 8 nitrogen and oxygen atoms in total. The Morgan fingerprint density at radius 2 is 1.90 bits per heavy atom. The summed E-state index contributed by atoms with van der Waals surface area (Å²) in [5.41, 5.74) is 9.45. The molecule has 1 aromatic heterocycles. The molecule has 1 amide bonds. The molecule has 30 heavy (non-hydrogen) atoms. The maximum absolute atomic E-state index is 12.4. The molecule has 2 aromatic carbocycles. The molecule has 154 valence electrons. The number of fused-ring (bicyclic) bond motifs is 1. The summed E-state index contributed by atoms with van der Waals surface area (Å²) in [6.45, 7) is 3.80. The van der Waals surface area contributed by atoms with Crippen LogP contribution in [0.1, 0.15) is 24.1 Å². The number of nitrogens with one attached hydrogen (secondary N) is 1. The summed E-state index contributed by atoms with van der Waals surface area (Å²) in [5, 5.41) is 7.91. The molecule has 0 aliphatic carbocycles. The summed E-state index contributed by atoms with van der Waals surface area (Å²) in [6, 6.07) is 12.7. The predicted octanol–water partition coefficient (Wildman–Crippen LogP) is 3.04. The molecule has 0 saturated carbocycles. The van der Waals surface area contributed by atoms with Crippen LogP contribution in [0.5, 0.6) is 11.5 Å². The average Bonchev–Trinajstić information content (AvgIpc) is 3.15.